The fourth-order valence-corrected chi connectivity index (χ4v) is 10.6. The Balaban J connectivity index is -0.000000558. The second kappa shape index (κ2) is 25.9. The zero-order valence-electron chi connectivity index (χ0n) is 27.7. The first-order chi connectivity index (χ1) is 21.0. The summed E-state index contributed by atoms with van der Waals surface area (Å²) >= 11 is 9.54. The van der Waals surface area contributed by atoms with Crippen LogP contribution < -0.4 is 19.0 Å². The van der Waals surface area contributed by atoms with Gasteiger partial charge in [-0.25, -0.2) is 0 Å². The Hall–Kier alpha value is 4.01. The van der Waals surface area contributed by atoms with Crippen molar-refractivity contribution in [2.75, 3.05) is 33.0 Å². The number of halogens is 6. The van der Waals surface area contributed by atoms with Crippen LogP contribution in [0.25, 0.3) is 0 Å². The number of nitrogens with two attached hydrogens (primary N) is 1. The van der Waals surface area contributed by atoms with E-state index in [0.717, 1.165) is 6.42 Å². The topological polar surface area (TPSA) is 144 Å². The van der Waals surface area contributed by atoms with Gasteiger partial charge in [-0.2, -0.15) is 0 Å². The summed E-state index contributed by atoms with van der Waals surface area (Å²) in [6.07, 6.45) is 7.48. The van der Waals surface area contributed by atoms with E-state index < -0.39 is 33.2 Å². The van der Waals surface area contributed by atoms with Crippen LogP contribution in [0.15, 0.2) is 38.0 Å². The average molecular weight is 1390 g/mol. The van der Waals surface area contributed by atoms with Gasteiger partial charge in [-0.15, -0.1) is 43.7 Å². The molecule has 19 heteroatoms. The molecule has 0 saturated heterocycles. The molecule has 1 unspecified atom stereocenters. The van der Waals surface area contributed by atoms with Crippen molar-refractivity contribution in [3.05, 3.63) is 38.0 Å². The third-order valence-corrected chi connectivity index (χ3v) is 15.8. The van der Waals surface area contributed by atoms with Crippen LogP contribution in [0.2, 0.25) is 0 Å². The SMILES string of the molecule is C=C[C@@H]1C[C@]1(C)P(=O)(O)OCC.C=C[C@@H]1C[C@]1(C)P(=O)(OCC)OCC.C=C[C@@H]1C[C@]1(N)P(=O)(OCC)OCC.I.II.I[I-]I. The van der Waals surface area contributed by atoms with E-state index >= 15 is 0 Å². The van der Waals surface area contributed by atoms with E-state index in [0.29, 0.717) is 52.5 Å². The van der Waals surface area contributed by atoms with Gasteiger partial charge in [-0.05, 0) is 79.6 Å². The Morgan fingerprint density at radius 1 is 0.717 bits per heavy atom. The maximum absolute atomic E-state index is 12.4. The second-order valence-corrected chi connectivity index (χ2v) is 33.9. The molecule has 0 aromatic rings. The molecule has 3 fully saturated rings. The first-order valence-corrected chi connectivity index (χ1v) is 37.9. The van der Waals surface area contributed by atoms with E-state index in [9.17, 15) is 18.6 Å². The van der Waals surface area contributed by atoms with E-state index in [2.05, 4.69) is 94.2 Å². The van der Waals surface area contributed by atoms with Gasteiger partial charge in [0.05, 0.1) is 43.3 Å². The molecule has 10 nitrogen and oxygen atoms in total. The number of allylic oxidation sites excluding steroid dienone is 2. The molecule has 3 N–H and O–H groups in total. The molecule has 278 valence electrons. The van der Waals surface area contributed by atoms with Crippen molar-refractivity contribution in [2.45, 2.75) is 83.3 Å². The molecule has 0 aliphatic heterocycles. The molecule has 0 bridgehead atoms. The van der Waals surface area contributed by atoms with Crippen LogP contribution in [0.1, 0.15) is 67.7 Å². The normalized spacial score (nSPS) is 29.9. The van der Waals surface area contributed by atoms with Crippen LogP contribution in [0.4, 0.5) is 0 Å². The summed E-state index contributed by atoms with van der Waals surface area (Å²) in [6.45, 7) is 25.5. The van der Waals surface area contributed by atoms with Crippen LogP contribution in [0.3, 0.4) is 0 Å². The minimum absolute atomic E-state index is 0. The summed E-state index contributed by atoms with van der Waals surface area (Å²) in [5.41, 5.74) is 5.97. The van der Waals surface area contributed by atoms with Crippen molar-refractivity contribution in [2.24, 2.45) is 23.5 Å². The van der Waals surface area contributed by atoms with E-state index in [1.807, 2.05) is 26.8 Å². The first kappa shape index (κ1) is 54.4. The summed E-state index contributed by atoms with van der Waals surface area (Å²) in [7, 11) is -9.50. The Bertz CT molecular complexity index is 990. The molecule has 0 aromatic carbocycles. The van der Waals surface area contributed by atoms with Crippen LogP contribution in [0.5, 0.6) is 0 Å². The molecule has 3 saturated carbocycles. The molecular formula is C27H53I6NO9P3-. The quantitative estimate of drug-likeness (QED) is 0.0876. The van der Waals surface area contributed by atoms with E-state index in [4.69, 9.17) is 28.4 Å². The zero-order valence-corrected chi connectivity index (χ0v) is 43.5. The summed E-state index contributed by atoms with van der Waals surface area (Å²) in [6, 6.07) is 0. The number of hydrogen-bond acceptors (Lipinski definition) is 9. The van der Waals surface area contributed by atoms with Gasteiger partial charge in [0.15, 0.2) is 0 Å². The van der Waals surface area contributed by atoms with Gasteiger partial charge in [0.25, 0.3) is 0 Å². The van der Waals surface area contributed by atoms with E-state index in [-0.39, 0.29) is 53.5 Å². The molecular weight excluding hydrogens is 1340 g/mol. The molecule has 0 radical (unpaired) electrons. The van der Waals surface area contributed by atoms with Crippen LogP contribution in [-0.2, 0) is 36.3 Å². The predicted molar refractivity (Wildman–Crippen MR) is 233 cm³/mol. The molecule has 0 aromatic heterocycles. The monoisotopic (exact) mass is 1390 g/mol. The molecule has 7 atom stereocenters. The standard InChI is InChI=1S/C10H19O3P.C9H18NO3P.C8H15O3P.I3.I2.HI/c1-5-9-8-10(9,4)14(11,12-6-2)13-7-3;1-4-8-7-9(8,10)14(11,12-5-2)13-6-3;1-4-7-6-8(7,3)12(9,10)11-5-2;1-3-2;1-2;/h5,9H,1,6-8H2,2-4H3;4,8H,1,5-7,10H2,2-3H3;4,7H,1,5-6H2,2-3H3,(H,9,10);;;1H/q;;;-1;;/t9-,10+;8-,9+;7-,8+;;;/m111.../s1. The van der Waals surface area contributed by atoms with E-state index in [1.54, 1.807) is 39.8 Å². The molecule has 46 heavy (non-hydrogen) atoms. The minimum atomic E-state index is -3.41. The second-order valence-electron chi connectivity index (χ2n) is 10.5. The summed E-state index contributed by atoms with van der Waals surface area (Å²) in [5, 5.41) is -1.73. The van der Waals surface area contributed by atoms with Crippen molar-refractivity contribution in [1.29, 1.82) is 0 Å². The van der Waals surface area contributed by atoms with Crippen molar-refractivity contribution in [1.82, 2.24) is 0 Å². The van der Waals surface area contributed by atoms with Crippen LogP contribution >= 0.6 is 121 Å². The fraction of sp³-hybridized carbons (Fsp3) is 0.778. The van der Waals surface area contributed by atoms with Crippen molar-refractivity contribution in [3.63, 3.8) is 0 Å². The summed E-state index contributed by atoms with van der Waals surface area (Å²) in [5.74, 6) is 0.456. The molecule has 3 aliphatic carbocycles. The first-order valence-electron chi connectivity index (χ1n) is 14.4. The Labute approximate surface area is 348 Å². The van der Waals surface area contributed by atoms with Crippen molar-refractivity contribution < 1.29 is 54.5 Å². The molecule has 0 spiro atoms. The Morgan fingerprint density at radius 2 is 1.02 bits per heavy atom. The van der Waals surface area contributed by atoms with Gasteiger partial charge < -0.3 is 33.2 Å². The van der Waals surface area contributed by atoms with Gasteiger partial charge in [0, 0.05) is 43.1 Å². The summed E-state index contributed by atoms with van der Waals surface area (Å²) < 4.78 is 62.0. The fourth-order valence-electron chi connectivity index (χ4n) is 4.59. The van der Waals surface area contributed by atoms with Gasteiger partial charge in [0.2, 0.25) is 0 Å². The zero-order chi connectivity index (χ0) is 35.8. The molecule has 3 aliphatic rings. The number of hydrogen-bond donors (Lipinski definition) is 2. The van der Waals surface area contributed by atoms with E-state index in [1.165, 1.54) is 0 Å². The van der Waals surface area contributed by atoms with Crippen molar-refractivity contribution in [3.8, 4) is 0 Å². The van der Waals surface area contributed by atoms with Gasteiger partial charge in [0.1, 0.15) is 5.28 Å². The van der Waals surface area contributed by atoms with Crippen molar-refractivity contribution >= 4 is 121 Å². The van der Waals surface area contributed by atoms with Gasteiger partial charge in [-0.3, -0.25) is 13.7 Å². The Kier molecular flexibility index (Phi) is 30.6. The third-order valence-electron chi connectivity index (χ3n) is 7.71. The van der Waals surface area contributed by atoms with Gasteiger partial charge in [-0.1, -0.05) is 18.2 Å². The predicted octanol–water partition coefficient (Wildman–Crippen LogP) is 8.67. The van der Waals surface area contributed by atoms with Crippen LogP contribution in [-0.4, -0.2) is 53.5 Å². The average Bonchev–Trinajstić information content (AvgIpc) is 3.93. The summed E-state index contributed by atoms with van der Waals surface area (Å²) in [4.78, 5) is 9.50. The van der Waals surface area contributed by atoms with Crippen LogP contribution in [0, 0.1) is 17.8 Å². The maximum atomic E-state index is 12.4. The Morgan fingerprint density at radius 3 is 1.28 bits per heavy atom. The molecule has 3 rings (SSSR count). The molecule has 0 amide bonds. The molecule has 0 heterocycles. The third kappa shape index (κ3) is 15.0. The van der Waals surface area contributed by atoms with Gasteiger partial charge >= 0.3 is 73.3 Å². The number of rotatable bonds is 16.